The van der Waals surface area contributed by atoms with Crippen molar-refractivity contribution < 1.29 is 9.53 Å². The summed E-state index contributed by atoms with van der Waals surface area (Å²) in [6.07, 6.45) is 7.50. The quantitative estimate of drug-likeness (QED) is 0.784. The highest BCUT2D eigenvalue weighted by molar-refractivity contribution is 5.89. The maximum Gasteiger partial charge on any atom is 0.338 e. The van der Waals surface area contributed by atoms with Crippen LogP contribution in [0.5, 0.6) is 0 Å². The molecule has 3 nitrogen and oxygen atoms in total. The van der Waals surface area contributed by atoms with Gasteiger partial charge in [0.25, 0.3) is 0 Å². The molecule has 0 radical (unpaired) electrons. The van der Waals surface area contributed by atoms with Crippen LogP contribution in [0.3, 0.4) is 0 Å². The Kier molecular flexibility index (Phi) is 4.45. The van der Waals surface area contributed by atoms with E-state index in [2.05, 4.69) is 4.98 Å². The van der Waals surface area contributed by atoms with Crippen LogP contribution in [0.2, 0.25) is 0 Å². The van der Waals surface area contributed by atoms with E-state index >= 15 is 0 Å². The highest BCUT2D eigenvalue weighted by Crippen LogP contribution is 2.10. The lowest BCUT2D eigenvalue weighted by Crippen LogP contribution is -2.03. The molecule has 0 aliphatic heterocycles. The van der Waals surface area contributed by atoms with Crippen molar-refractivity contribution in [2.45, 2.75) is 6.92 Å². The summed E-state index contributed by atoms with van der Waals surface area (Å²) in [5, 5.41) is 0. The maximum absolute atomic E-state index is 11.5. The summed E-state index contributed by atoms with van der Waals surface area (Å²) in [5.74, 6) is -0.285. The van der Waals surface area contributed by atoms with E-state index in [0.717, 1.165) is 11.1 Å². The zero-order valence-corrected chi connectivity index (χ0v) is 10.7. The summed E-state index contributed by atoms with van der Waals surface area (Å²) < 4.78 is 4.93. The molecule has 0 amide bonds. The number of benzene rings is 1. The fraction of sp³-hybridized carbons (Fsp3) is 0.125. The Morgan fingerprint density at radius 2 is 1.63 bits per heavy atom. The van der Waals surface area contributed by atoms with Crippen molar-refractivity contribution >= 4 is 18.1 Å². The van der Waals surface area contributed by atoms with Crippen LogP contribution in [0, 0.1) is 0 Å². The van der Waals surface area contributed by atoms with Crippen molar-refractivity contribution in [3.63, 3.8) is 0 Å². The molecule has 3 heteroatoms. The summed E-state index contributed by atoms with van der Waals surface area (Å²) in [7, 11) is 0. The number of carbonyl (C=O) groups excluding carboxylic acids is 1. The molecule has 0 spiro atoms. The van der Waals surface area contributed by atoms with E-state index < -0.39 is 0 Å². The van der Waals surface area contributed by atoms with Gasteiger partial charge in [0.15, 0.2) is 0 Å². The molecular weight excluding hydrogens is 238 g/mol. The maximum atomic E-state index is 11.5. The minimum Gasteiger partial charge on any atom is -0.462 e. The number of hydrogen-bond donors (Lipinski definition) is 0. The number of esters is 1. The molecule has 2 rings (SSSR count). The van der Waals surface area contributed by atoms with Crippen LogP contribution < -0.4 is 0 Å². The monoisotopic (exact) mass is 253 g/mol. The predicted molar refractivity (Wildman–Crippen MR) is 75.6 cm³/mol. The summed E-state index contributed by atoms with van der Waals surface area (Å²) in [4.78, 5) is 15.5. The van der Waals surface area contributed by atoms with Gasteiger partial charge in [-0.1, -0.05) is 24.3 Å². The Hall–Kier alpha value is -2.42. The van der Waals surface area contributed by atoms with Gasteiger partial charge in [-0.25, -0.2) is 4.79 Å². The summed E-state index contributed by atoms with van der Waals surface area (Å²) in [6.45, 7) is 2.19. The van der Waals surface area contributed by atoms with E-state index in [-0.39, 0.29) is 5.97 Å². The molecule has 0 N–H and O–H groups in total. The van der Waals surface area contributed by atoms with Crippen LogP contribution in [0.15, 0.2) is 48.8 Å². The number of pyridine rings is 1. The third kappa shape index (κ3) is 3.78. The van der Waals surface area contributed by atoms with Crippen molar-refractivity contribution in [1.29, 1.82) is 0 Å². The highest BCUT2D eigenvalue weighted by atomic mass is 16.5. The first-order valence-corrected chi connectivity index (χ1v) is 6.15. The first kappa shape index (κ1) is 13.0. The normalized spacial score (nSPS) is 10.6. The Morgan fingerprint density at radius 3 is 2.21 bits per heavy atom. The molecule has 1 heterocycles. The van der Waals surface area contributed by atoms with E-state index in [1.54, 1.807) is 31.5 Å². The van der Waals surface area contributed by atoms with Crippen LogP contribution in [0.4, 0.5) is 0 Å². The van der Waals surface area contributed by atoms with Crippen molar-refractivity contribution in [1.82, 2.24) is 4.98 Å². The second-order valence-corrected chi connectivity index (χ2v) is 3.96. The number of rotatable bonds is 4. The molecule has 0 bridgehead atoms. The summed E-state index contributed by atoms with van der Waals surface area (Å²) in [6, 6.07) is 11.2. The molecule has 1 aromatic heterocycles. The van der Waals surface area contributed by atoms with E-state index in [4.69, 9.17) is 4.74 Å². The van der Waals surface area contributed by atoms with Gasteiger partial charge in [0.2, 0.25) is 0 Å². The van der Waals surface area contributed by atoms with Crippen molar-refractivity contribution in [3.05, 3.63) is 65.5 Å². The molecule has 0 aliphatic carbocycles. The average molecular weight is 253 g/mol. The number of nitrogens with zero attached hydrogens (tertiary/aromatic N) is 1. The van der Waals surface area contributed by atoms with Gasteiger partial charge in [0.05, 0.1) is 12.2 Å². The van der Waals surface area contributed by atoms with Gasteiger partial charge in [-0.3, -0.25) is 4.98 Å². The van der Waals surface area contributed by atoms with Crippen molar-refractivity contribution in [2.75, 3.05) is 6.61 Å². The van der Waals surface area contributed by atoms with E-state index in [0.29, 0.717) is 12.2 Å². The molecule has 96 valence electrons. The van der Waals surface area contributed by atoms with Crippen LogP contribution in [-0.4, -0.2) is 17.6 Å². The Balaban J connectivity index is 2.07. The fourth-order valence-electron chi connectivity index (χ4n) is 1.61. The Bertz CT molecular complexity index is 559. The first-order valence-electron chi connectivity index (χ1n) is 6.15. The van der Waals surface area contributed by atoms with Crippen LogP contribution in [0.1, 0.15) is 28.4 Å². The molecule has 0 aliphatic rings. The third-order valence-corrected chi connectivity index (χ3v) is 2.60. The van der Waals surface area contributed by atoms with Crippen molar-refractivity contribution in [2.24, 2.45) is 0 Å². The smallest absolute Gasteiger partial charge is 0.338 e. The number of ether oxygens (including phenoxy) is 1. The summed E-state index contributed by atoms with van der Waals surface area (Å²) >= 11 is 0. The van der Waals surface area contributed by atoms with Gasteiger partial charge in [-0.2, -0.15) is 0 Å². The molecular formula is C16H15NO2. The standard InChI is InChI=1S/C16H15NO2/c1-2-19-16(18)15-7-5-13(6-8-15)3-4-14-9-11-17-12-10-14/h3-12H,2H2,1H3/b4-3+. The van der Waals surface area contributed by atoms with E-state index in [9.17, 15) is 4.79 Å². The largest absolute Gasteiger partial charge is 0.462 e. The van der Waals surface area contributed by atoms with Gasteiger partial charge >= 0.3 is 5.97 Å². The summed E-state index contributed by atoms with van der Waals surface area (Å²) in [5.41, 5.74) is 2.69. The SMILES string of the molecule is CCOC(=O)c1ccc(/C=C/c2ccncc2)cc1. The third-order valence-electron chi connectivity index (χ3n) is 2.60. The Morgan fingerprint density at radius 1 is 1.05 bits per heavy atom. The molecule has 0 saturated carbocycles. The molecule has 2 aromatic rings. The van der Waals surface area contributed by atoms with E-state index in [1.165, 1.54) is 0 Å². The second kappa shape index (κ2) is 6.50. The minimum atomic E-state index is -0.285. The predicted octanol–water partition coefficient (Wildman–Crippen LogP) is 3.43. The van der Waals surface area contributed by atoms with Gasteiger partial charge < -0.3 is 4.74 Å². The average Bonchev–Trinajstić information content (AvgIpc) is 2.47. The topological polar surface area (TPSA) is 39.2 Å². The van der Waals surface area contributed by atoms with E-state index in [1.807, 2.05) is 36.4 Å². The zero-order chi connectivity index (χ0) is 13.5. The molecule has 0 fully saturated rings. The van der Waals surface area contributed by atoms with Crippen LogP contribution >= 0.6 is 0 Å². The lowest BCUT2D eigenvalue weighted by Gasteiger charge is -2.01. The lowest BCUT2D eigenvalue weighted by atomic mass is 10.1. The molecule has 0 saturated heterocycles. The number of carbonyl (C=O) groups is 1. The number of hydrogen-bond acceptors (Lipinski definition) is 3. The van der Waals surface area contributed by atoms with Gasteiger partial charge in [-0.15, -0.1) is 0 Å². The van der Waals surface area contributed by atoms with Crippen molar-refractivity contribution in [3.8, 4) is 0 Å². The lowest BCUT2D eigenvalue weighted by molar-refractivity contribution is 0.0526. The Labute approximate surface area is 112 Å². The van der Waals surface area contributed by atoms with Gasteiger partial charge in [0.1, 0.15) is 0 Å². The fourth-order valence-corrected chi connectivity index (χ4v) is 1.61. The molecule has 1 aromatic carbocycles. The number of aromatic nitrogens is 1. The molecule has 0 atom stereocenters. The first-order chi connectivity index (χ1) is 9.29. The molecule has 0 unspecified atom stereocenters. The second-order valence-electron chi connectivity index (χ2n) is 3.96. The molecule has 19 heavy (non-hydrogen) atoms. The van der Waals surface area contributed by atoms with Crippen LogP contribution in [-0.2, 0) is 4.74 Å². The minimum absolute atomic E-state index is 0.285. The van der Waals surface area contributed by atoms with Gasteiger partial charge in [-0.05, 0) is 42.3 Å². The van der Waals surface area contributed by atoms with Gasteiger partial charge in [0, 0.05) is 12.4 Å². The zero-order valence-electron chi connectivity index (χ0n) is 10.7. The van der Waals surface area contributed by atoms with Crippen LogP contribution in [0.25, 0.3) is 12.2 Å². The highest BCUT2D eigenvalue weighted by Gasteiger charge is 2.04.